The van der Waals surface area contributed by atoms with E-state index in [-0.39, 0.29) is 0 Å². The van der Waals surface area contributed by atoms with Crippen LogP contribution in [0.4, 0.5) is 5.82 Å². The molecule has 5 aromatic rings. The van der Waals surface area contributed by atoms with Crippen molar-refractivity contribution in [2.75, 3.05) is 5.32 Å². The number of rotatable bonds is 3. The van der Waals surface area contributed by atoms with E-state index in [0.717, 1.165) is 51.0 Å². The number of pyridine rings is 1. The van der Waals surface area contributed by atoms with Gasteiger partial charge in [0.2, 0.25) is 0 Å². The van der Waals surface area contributed by atoms with E-state index in [9.17, 15) is 0 Å². The number of benzene rings is 2. The van der Waals surface area contributed by atoms with Crippen molar-refractivity contribution in [3.8, 4) is 0 Å². The van der Waals surface area contributed by atoms with Crippen LogP contribution in [0.1, 0.15) is 22.5 Å². The average Bonchev–Trinajstić information content (AvgIpc) is 3.39. The quantitative estimate of drug-likeness (QED) is 0.429. The van der Waals surface area contributed by atoms with Gasteiger partial charge in [-0.25, -0.2) is 0 Å². The van der Waals surface area contributed by atoms with Gasteiger partial charge in [-0.15, -0.1) is 5.10 Å². The van der Waals surface area contributed by atoms with E-state index >= 15 is 0 Å². The lowest BCUT2D eigenvalue weighted by atomic mass is 9.81. The molecule has 1 aliphatic rings. The molecule has 0 saturated heterocycles. The lowest BCUT2D eigenvalue weighted by Crippen LogP contribution is -2.37. The summed E-state index contributed by atoms with van der Waals surface area (Å²) < 4.78 is 0. The fourth-order valence-electron chi connectivity index (χ4n) is 4.28. The number of hydrogen-bond acceptors (Lipinski definition) is 5. The first kappa shape index (κ1) is 16.9. The van der Waals surface area contributed by atoms with Gasteiger partial charge in [-0.1, -0.05) is 30.3 Å². The van der Waals surface area contributed by atoms with Gasteiger partial charge < -0.3 is 5.32 Å². The van der Waals surface area contributed by atoms with Gasteiger partial charge in [0.25, 0.3) is 0 Å². The summed E-state index contributed by atoms with van der Waals surface area (Å²) in [6.45, 7) is 2.04. The molecule has 1 atom stereocenters. The molecule has 0 bridgehead atoms. The van der Waals surface area contributed by atoms with Gasteiger partial charge in [0.05, 0.1) is 16.6 Å². The van der Waals surface area contributed by atoms with E-state index in [4.69, 9.17) is 0 Å². The third-order valence-electron chi connectivity index (χ3n) is 5.85. The zero-order valence-electron chi connectivity index (χ0n) is 16.3. The second-order valence-electron chi connectivity index (χ2n) is 7.77. The Kier molecular flexibility index (Phi) is 3.52. The summed E-state index contributed by atoms with van der Waals surface area (Å²) in [5.41, 5.74) is 5.68. The van der Waals surface area contributed by atoms with Gasteiger partial charge >= 0.3 is 0 Å². The molecule has 146 valence electrons. The smallest absolute Gasteiger partial charge is 0.176 e. The molecule has 0 radical (unpaired) electrons. The van der Waals surface area contributed by atoms with Crippen LogP contribution in [0.3, 0.4) is 0 Å². The van der Waals surface area contributed by atoms with Crippen LogP contribution in [0.2, 0.25) is 0 Å². The van der Waals surface area contributed by atoms with Crippen LogP contribution in [0.25, 0.3) is 27.9 Å². The van der Waals surface area contributed by atoms with Crippen molar-refractivity contribution in [2.45, 2.75) is 18.9 Å². The summed E-state index contributed by atoms with van der Waals surface area (Å²) in [5, 5.41) is 24.7. The fraction of sp³-hybridized carbons (Fsp3) is 0.130. The number of anilines is 1. The minimum absolute atomic E-state index is 0.471. The molecule has 0 spiro atoms. The maximum absolute atomic E-state index is 4.47. The Morgan fingerprint density at radius 2 is 1.93 bits per heavy atom. The summed E-state index contributed by atoms with van der Waals surface area (Å²) in [4.78, 5) is 4.44. The zero-order chi connectivity index (χ0) is 20.1. The third kappa shape index (κ3) is 2.59. The Bertz CT molecular complexity index is 1430. The van der Waals surface area contributed by atoms with Crippen molar-refractivity contribution < 1.29 is 0 Å². The maximum atomic E-state index is 4.47. The largest absolute Gasteiger partial charge is 0.353 e. The lowest BCUT2D eigenvalue weighted by molar-refractivity contribution is 0.605. The normalized spacial score (nSPS) is 17.9. The lowest BCUT2D eigenvalue weighted by Gasteiger charge is -2.35. The number of aromatic nitrogens is 6. The number of H-pyrrole nitrogens is 2. The van der Waals surface area contributed by atoms with Crippen molar-refractivity contribution >= 4 is 33.7 Å². The van der Waals surface area contributed by atoms with E-state index in [1.807, 2.05) is 25.3 Å². The summed E-state index contributed by atoms with van der Waals surface area (Å²) in [6.07, 6.45) is 6.77. The highest BCUT2D eigenvalue weighted by Gasteiger charge is 2.34. The third-order valence-corrected chi connectivity index (χ3v) is 5.85. The van der Waals surface area contributed by atoms with Gasteiger partial charge in [0, 0.05) is 29.1 Å². The number of aryl methyl sites for hydroxylation is 1. The van der Waals surface area contributed by atoms with Crippen LogP contribution in [-0.2, 0) is 12.0 Å². The zero-order valence-corrected chi connectivity index (χ0v) is 16.3. The van der Waals surface area contributed by atoms with Crippen molar-refractivity contribution in [3.05, 3.63) is 83.3 Å². The summed E-state index contributed by atoms with van der Waals surface area (Å²) in [5.74, 6) is 0.748. The molecule has 30 heavy (non-hydrogen) atoms. The van der Waals surface area contributed by atoms with E-state index < -0.39 is 5.54 Å². The molecule has 1 aliphatic heterocycles. The number of nitrogens with zero attached hydrogens (tertiary/aromatic N) is 4. The van der Waals surface area contributed by atoms with E-state index in [1.54, 1.807) is 0 Å². The number of hydrogen-bond donors (Lipinski definition) is 3. The standard InChI is InChI=1S/C23H19N7/c1-14-18-6-5-17(12-21(18)27-26-14)23(9-8-20-22(25-23)29-30-28-20)13-15-4-7-19-16(11-15)3-2-10-24-19/h2-12H,13H2,1H3,(H,26,27)(H2,25,28,29,30). The topological polar surface area (TPSA) is 95.2 Å². The molecular formula is C23H19N7. The van der Waals surface area contributed by atoms with Gasteiger partial charge in [0.15, 0.2) is 5.82 Å². The molecule has 3 N–H and O–H groups in total. The molecule has 7 heteroatoms. The second-order valence-corrected chi connectivity index (χ2v) is 7.77. The van der Waals surface area contributed by atoms with Gasteiger partial charge in [-0.3, -0.25) is 10.1 Å². The average molecular weight is 393 g/mol. The molecule has 7 nitrogen and oxygen atoms in total. The number of fused-ring (bicyclic) bond motifs is 3. The maximum Gasteiger partial charge on any atom is 0.176 e. The monoisotopic (exact) mass is 393 g/mol. The van der Waals surface area contributed by atoms with E-state index in [2.05, 4.69) is 84.4 Å². The van der Waals surface area contributed by atoms with Crippen LogP contribution in [-0.4, -0.2) is 30.6 Å². The van der Waals surface area contributed by atoms with Gasteiger partial charge in [-0.05, 0) is 48.4 Å². The van der Waals surface area contributed by atoms with Crippen molar-refractivity contribution in [1.29, 1.82) is 0 Å². The van der Waals surface area contributed by atoms with Crippen LogP contribution in [0.5, 0.6) is 0 Å². The highest BCUT2D eigenvalue weighted by atomic mass is 15.4. The first-order valence-corrected chi connectivity index (χ1v) is 9.87. The summed E-state index contributed by atoms with van der Waals surface area (Å²) in [7, 11) is 0. The predicted molar refractivity (Wildman–Crippen MR) is 117 cm³/mol. The SMILES string of the molecule is Cc1[nH]nc2cc(C3(Cc4ccc5ncccc5c4)C=Cc4n[nH]nc4N3)ccc12. The van der Waals surface area contributed by atoms with E-state index in [0.29, 0.717) is 0 Å². The Hall–Kier alpha value is -4.00. The van der Waals surface area contributed by atoms with Gasteiger partial charge in [0.1, 0.15) is 5.69 Å². The first-order chi connectivity index (χ1) is 14.7. The van der Waals surface area contributed by atoms with Crippen molar-refractivity contribution in [2.24, 2.45) is 0 Å². The highest BCUT2D eigenvalue weighted by Crippen LogP contribution is 2.37. The summed E-state index contributed by atoms with van der Waals surface area (Å²) in [6, 6.07) is 16.9. The predicted octanol–water partition coefficient (Wildman–Crippen LogP) is 4.11. The molecule has 6 rings (SSSR count). The van der Waals surface area contributed by atoms with Crippen molar-refractivity contribution in [3.63, 3.8) is 0 Å². The number of aromatic amines is 2. The first-order valence-electron chi connectivity index (χ1n) is 9.87. The second kappa shape index (κ2) is 6.25. The molecule has 0 aliphatic carbocycles. The Morgan fingerprint density at radius 1 is 0.967 bits per heavy atom. The minimum Gasteiger partial charge on any atom is -0.353 e. The van der Waals surface area contributed by atoms with Crippen LogP contribution in [0, 0.1) is 6.92 Å². The molecule has 3 aromatic heterocycles. The van der Waals surface area contributed by atoms with E-state index in [1.165, 1.54) is 5.56 Å². The highest BCUT2D eigenvalue weighted by molar-refractivity contribution is 5.83. The Morgan fingerprint density at radius 3 is 2.90 bits per heavy atom. The van der Waals surface area contributed by atoms with Crippen LogP contribution in [0.15, 0.2) is 60.8 Å². The Labute approximate surface area is 172 Å². The molecule has 4 heterocycles. The minimum atomic E-state index is -0.471. The van der Waals surface area contributed by atoms with Crippen LogP contribution >= 0.6 is 0 Å². The fourth-order valence-corrected chi connectivity index (χ4v) is 4.28. The molecule has 0 amide bonds. The Balaban J connectivity index is 1.49. The van der Waals surface area contributed by atoms with Crippen LogP contribution < -0.4 is 5.32 Å². The molecular weight excluding hydrogens is 374 g/mol. The molecule has 0 fully saturated rings. The molecule has 1 unspecified atom stereocenters. The van der Waals surface area contributed by atoms with Gasteiger partial charge in [-0.2, -0.15) is 15.4 Å². The summed E-state index contributed by atoms with van der Waals surface area (Å²) >= 11 is 0. The number of nitrogens with one attached hydrogen (secondary N) is 3. The molecule has 2 aromatic carbocycles. The molecule has 0 saturated carbocycles. The van der Waals surface area contributed by atoms with Crippen molar-refractivity contribution in [1.82, 2.24) is 30.6 Å².